The van der Waals surface area contributed by atoms with Gasteiger partial charge in [-0.25, -0.2) is 19.2 Å². The number of nitrogens with zero attached hydrogens (tertiary/aromatic N) is 4. The fourth-order valence-corrected chi connectivity index (χ4v) is 4.60. The van der Waals surface area contributed by atoms with Gasteiger partial charge in [0.25, 0.3) is 0 Å². The lowest BCUT2D eigenvalue weighted by Crippen LogP contribution is -2.41. The Labute approximate surface area is 210 Å². The van der Waals surface area contributed by atoms with Gasteiger partial charge >= 0.3 is 11.3 Å². The summed E-state index contributed by atoms with van der Waals surface area (Å²) < 4.78 is 20.4. The number of rotatable bonds is 7. The summed E-state index contributed by atoms with van der Waals surface area (Å²) in [6.07, 6.45) is 1.61. The van der Waals surface area contributed by atoms with Gasteiger partial charge in [-0.3, -0.25) is 4.79 Å². The SMILES string of the molecule is Cn1c(-c2ccco2)nc2cc(C3=NN(CCNC(=O)NCc4ccc(F)cc4)C(=O)SC3)ccc21. The first-order chi connectivity index (χ1) is 17.5. The third-order valence-corrected chi connectivity index (χ3v) is 6.59. The maximum atomic E-state index is 13.0. The van der Waals surface area contributed by atoms with Crippen LogP contribution >= 0.6 is 11.8 Å². The average molecular weight is 507 g/mol. The number of fused-ring (bicyclic) bond motifs is 1. The number of benzene rings is 2. The van der Waals surface area contributed by atoms with Crippen molar-refractivity contribution in [2.24, 2.45) is 12.1 Å². The van der Waals surface area contributed by atoms with Crippen molar-refractivity contribution in [2.45, 2.75) is 6.54 Å². The molecule has 2 aromatic heterocycles. The number of nitrogens with one attached hydrogen (secondary N) is 2. The van der Waals surface area contributed by atoms with Gasteiger partial charge in [-0.2, -0.15) is 5.10 Å². The zero-order valence-corrected chi connectivity index (χ0v) is 20.2. The number of aromatic nitrogens is 2. The van der Waals surface area contributed by atoms with Crippen molar-refractivity contribution in [1.82, 2.24) is 25.2 Å². The summed E-state index contributed by atoms with van der Waals surface area (Å²) in [5.74, 6) is 1.54. The lowest BCUT2D eigenvalue weighted by atomic mass is 10.1. The van der Waals surface area contributed by atoms with E-state index in [4.69, 9.17) is 9.40 Å². The van der Waals surface area contributed by atoms with E-state index in [1.54, 1.807) is 18.4 Å². The van der Waals surface area contributed by atoms with Gasteiger partial charge in [0.1, 0.15) is 5.82 Å². The van der Waals surface area contributed by atoms with Gasteiger partial charge in [-0.15, -0.1) is 0 Å². The summed E-state index contributed by atoms with van der Waals surface area (Å²) in [5, 5.41) is 11.1. The van der Waals surface area contributed by atoms with Crippen molar-refractivity contribution >= 4 is 39.8 Å². The summed E-state index contributed by atoms with van der Waals surface area (Å²) in [5.41, 5.74) is 4.17. The second kappa shape index (κ2) is 10.2. The minimum absolute atomic E-state index is 0.175. The van der Waals surface area contributed by atoms with Crippen LogP contribution in [0.1, 0.15) is 11.1 Å². The predicted molar refractivity (Wildman–Crippen MR) is 136 cm³/mol. The van der Waals surface area contributed by atoms with E-state index in [1.807, 2.05) is 41.9 Å². The average Bonchev–Trinajstić information content (AvgIpc) is 3.53. The molecule has 9 nitrogen and oxygen atoms in total. The molecule has 0 radical (unpaired) electrons. The summed E-state index contributed by atoms with van der Waals surface area (Å²) in [6.45, 7) is 0.725. The van der Waals surface area contributed by atoms with Crippen LogP contribution in [0.25, 0.3) is 22.6 Å². The van der Waals surface area contributed by atoms with Crippen LogP contribution in [0.5, 0.6) is 0 Å². The first-order valence-electron chi connectivity index (χ1n) is 11.3. The van der Waals surface area contributed by atoms with Crippen molar-refractivity contribution in [3.05, 3.63) is 77.8 Å². The third-order valence-electron chi connectivity index (χ3n) is 5.72. The minimum Gasteiger partial charge on any atom is -0.461 e. The van der Waals surface area contributed by atoms with Crippen molar-refractivity contribution < 1.29 is 18.4 Å². The molecule has 36 heavy (non-hydrogen) atoms. The Morgan fingerprint density at radius 2 is 2.00 bits per heavy atom. The van der Waals surface area contributed by atoms with Crippen molar-refractivity contribution in [3.63, 3.8) is 0 Å². The summed E-state index contributed by atoms with van der Waals surface area (Å²) >= 11 is 1.17. The van der Waals surface area contributed by atoms with E-state index in [2.05, 4.69) is 15.7 Å². The molecule has 0 bridgehead atoms. The number of halogens is 1. The van der Waals surface area contributed by atoms with Crippen LogP contribution in [0, 0.1) is 5.82 Å². The Kier molecular flexibility index (Phi) is 6.72. The van der Waals surface area contributed by atoms with E-state index < -0.39 is 0 Å². The van der Waals surface area contributed by atoms with Crippen molar-refractivity contribution in [3.8, 4) is 11.6 Å². The van der Waals surface area contributed by atoms with E-state index in [0.717, 1.165) is 33.7 Å². The lowest BCUT2D eigenvalue weighted by Gasteiger charge is -2.23. The van der Waals surface area contributed by atoms with Gasteiger partial charge in [-0.1, -0.05) is 30.0 Å². The molecule has 0 aliphatic carbocycles. The largest absolute Gasteiger partial charge is 0.461 e. The molecule has 5 rings (SSSR count). The number of furan rings is 1. The number of imidazole rings is 1. The number of urea groups is 1. The second-order valence-electron chi connectivity index (χ2n) is 8.14. The smallest absolute Gasteiger partial charge is 0.315 e. The molecule has 2 aromatic carbocycles. The summed E-state index contributed by atoms with van der Waals surface area (Å²) in [7, 11) is 1.93. The van der Waals surface area contributed by atoms with E-state index in [-0.39, 0.29) is 36.7 Å². The number of hydrogen-bond acceptors (Lipinski definition) is 6. The molecule has 0 fully saturated rings. The number of thioether (sulfide) groups is 1. The third kappa shape index (κ3) is 5.10. The molecule has 3 amide bonds. The molecule has 4 aromatic rings. The molecule has 2 N–H and O–H groups in total. The lowest BCUT2D eigenvalue weighted by molar-refractivity contribution is 0.221. The molecule has 0 unspecified atom stereocenters. The highest BCUT2D eigenvalue weighted by atomic mass is 32.2. The molecule has 1 aliphatic heterocycles. The van der Waals surface area contributed by atoms with E-state index in [0.29, 0.717) is 11.5 Å². The highest BCUT2D eigenvalue weighted by molar-refractivity contribution is 8.14. The number of carbonyl (C=O) groups excluding carboxylic acids is 2. The van der Waals surface area contributed by atoms with Crippen LogP contribution in [0.15, 0.2) is 70.4 Å². The van der Waals surface area contributed by atoms with E-state index in [9.17, 15) is 14.0 Å². The zero-order valence-electron chi connectivity index (χ0n) is 19.4. The topological polar surface area (TPSA) is 105 Å². The van der Waals surface area contributed by atoms with E-state index in [1.165, 1.54) is 28.9 Å². The Bertz CT molecular complexity index is 1430. The van der Waals surface area contributed by atoms with Crippen LogP contribution in [-0.4, -0.2) is 50.4 Å². The van der Waals surface area contributed by atoms with Crippen LogP contribution in [-0.2, 0) is 13.6 Å². The Balaban J connectivity index is 1.22. The molecule has 0 saturated carbocycles. The molecule has 11 heteroatoms. The number of aryl methyl sites for hydroxylation is 1. The standard InChI is InChI=1S/C25H23FN6O3S/c1-31-21-9-6-17(13-19(21)29-23(31)22-3-2-12-35-22)20-15-36-25(34)32(30-20)11-10-27-24(33)28-14-16-4-7-18(26)8-5-16/h2-9,12-13H,10-11,14-15H2,1H3,(H2,27,28,33). The Morgan fingerprint density at radius 3 is 2.78 bits per heavy atom. The molecule has 184 valence electrons. The quantitative estimate of drug-likeness (QED) is 0.388. The fourth-order valence-electron chi connectivity index (χ4n) is 3.83. The van der Waals surface area contributed by atoms with Crippen LogP contribution < -0.4 is 10.6 Å². The molecule has 1 aliphatic rings. The van der Waals surface area contributed by atoms with Crippen LogP contribution in [0.4, 0.5) is 14.0 Å². The van der Waals surface area contributed by atoms with Gasteiger partial charge in [0, 0.05) is 31.5 Å². The van der Waals surface area contributed by atoms with Gasteiger partial charge in [-0.05, 0) is 42.0 Å². The summed E-state index contributed by atoms with van der Waals surface area (Å²) in [6, 6.07) is 15.1. The number of hydrazone groups is 1. The normalized spacial score (nSPS) is 13.7. The Hall–Kier alpha value is -4.12. The molecule has 0 atom stereocenters. The monoisotopic (exact) mass is 506 g/mol. The summed E-state index contributed by atoms with van der Waals surface area (Å²) in [4.78, 5) is 29.2. The highest BCUT2D eigenvalue weighted by Gasteiger charge is 2.23. The van der Waals surface area contributed by atoms with Crippen LogP contribution in [0.3, 0.4) is 0 Å². The first-order valence-corrected chi connectivity index (χ1v) is 12.2. The first kappa shape index (κ1) is 23.6. The zero-order chi connectivity index (χ0) is 25.1. The molecule has 3 heterocycles. The number of amides is 3. The molecular formula is C25H23FN6O3S. The maximum absolute atomic E-state index is 13.0. The highest BCUT2D eigenvalue weighted by Crippen LogP contribution is 2.26. The van der Waals surface area contributed by atoms with Gasteiger partial charge < -0.3 is 19.6 Å². The molecular weight excluding hydrogens is 483 g/mol. The van der Waals surface area contributed by atoms with Crippen molar-refractivity contribution in [1.29, 1.82) is 0 Å². The van der Waals surface area contributed by atoms with Crippen molar-refractivity contribution in [2.75, 3.05) is 18.8 Å². The second-order valence-corrected chi connectivity index (χ2v) is 9.06. The minimum atomic E-state index is -0.381. The van der Waals surface area contributed by atoms with Gasteiger partial charge in [0.2, 0.25) is 0 Å². The number of carbonyl (C=O) groups is 2. The van der Waals surface area contributed by atoms with Crippen LogP contribution in [0.2, 0.25) is 0 Å². The Morgan fingerprint density at radius 1 is 1.17 bits per heavy atom. The predicted octanol–water partition coefficient (Wildman–Crippen LogP) is 4.34. The number of hydrogen-bond donors (Lipinski definition) is 2. The van der Waals surface area contributed by atoms with Gasteiger partial charge in [0.15, 0.2) is 11.6 Å². The van der Waals surface area contributed by atoms with E-state index >= 15 is 0 Å². The fraction of sp³-hybridized carbons (Fsp3) is 0.200. The molecule has 0 saturated heterocycles. The maximum Gasteiger partial charge on any atom is 0.315 e. The molecule has 0 spiro atoms. The van der Waals surface area contributed by atoms with Gasteiger partial charge in [0.05, 0.1) is 29.6 Å².